The van der Waals surface area contributed by atoms with E-state index in [0.717, 1.165) is 23.2 Å². The number of likely N-dealkylation sites (N-methyl/N-ethyl adjacent to an activating group) is 1. The summed E-state index contributed by atoms with van der Waals surface area (Å²) in [6, 6.07) is 24.6. The lowest BCUT2D eigenvalue weighted by Gasteiger charge is -2.21. The summed E-state index contributed by atoms with van der Waals surface area (Å²) in [6.07, 6.45) is 0.721. The Hall–Kier alpha value is -3.60. The zero-order chi connectivity index (χ0) is 21.2. The molecular weight excluding hydrogens is 378 g/mol. The molecule has 0 atom stereocenters. The molecule has 3 aromatic rings. The Balaban J connectivity index is 1.53. The average Bonchev–Trinajstić information content (AvgIpc) is 2.81. The van der Waals surface area contributed by atoms with Gasteiger partial charge in [-0.3, -0.25) is 9.59 Å². The van der Waals surface area contributed by atoms with Gasteiger partial charge < -0.3 is 14.4 Å². The number of ether oxygens (including phenoxy) is 2. The monoisotopic (exact) mass is 403 g/mol. The largest absolute Gasteiger partial charge is 0.489 e. The molecule has 0 fully saturated rings. The highest BCUT2D eigenvalue weighted by molar-refractivity contribution is 5.80. The van der Waals surface area contributed by atoms with Crippen LogP contribution in [0.25, 0.3) is 0 Å². The number of para-hydroxylation sites is 1. The molecule has 0 aliphatic carbocycles. The van der Waals surface area contributed by atoms with Crippen LogP contribution in [0.3, 0.4) is 0 Å². The molecule has 1 amide bonds. The summed E-state index contributed by atoms with van der Waals surface area (Å²) in [5, 5.41) is 0. The van der Waals surface area contributed by atoms with Crippen molar-refractivity contribution in [2.24, 2.45) is 0 Å². The van der Waals surface area contributed by atoms with Crippen LogP contribution >= 0.6 is 0 Å². The van der Waals surface area contributed by atoms with Crippen LogP contribution in [-0.4, -0.2) is 30.2 Å². The van der Waals surface area contributed by atoms with E-state index in [9.17, 15) is 9.59 Å². The van der Waals surface area contributed by atoms with Gasteiger partial charge in [0.15, 0.2) is 12.9 Å². The molecule has 0 N–H and O–H groups in total. The molecule has 0 bridgehead atoms. The maximum Gasteiger partial charge on any atom is 0.260 e. The summed E-state index contributed by atoms with van der Waals surface area (Å²) in [6.45, 7) is 3.36. The van der Waals surface area contributed by atoms with Crippen molar-refractivity contribution in [3.8, 4) is 11.5 Å². The minimum atomic E-state index is -0.136. The maximum absolute atomic E-state index is 12.6. The highest BCUT2D eigenvalue weighted by atomic mass is 16.5. The third-order valence-corrected chi connectivity index (χ3v) is 4.68. The standard InChI is InChI=1S/C25H25NO4/c1-2-26(25(28)19-30-24-11-7-6-10-22(24)17-27)16-20-12-14-23(15-13-20)29-18-21-8-4-3-5-9-21/h3-15,17H,2,16,18-19H2,1H3. The van der Waals surface area contributed by atoms with Crippen LogP contribution in [0.2, 0.25) is 0 Å². The molecule has 0 aromatic heterocycles. The van der Waals surface area contributed by atoms with Crippen LogP contribution in [0.5, 0.6) is 11.5 Å². The minimum absolute atomic E-state index is 0.114. The molecule has 0 saturated carbocycles. The average molecular weight is 403 g/mol. The van der Waals surface area contributed by atoms with Crippen molar-refractivity contribution >= 4 is 12.2 Å². The van der Waals surface area contributed by atoms with E-state index in [4.69, 9.17) is 9.47 Å². The molecule has 3 rings (SSSR count). The van der Waals surface area contributed by atoms with Crippen LogP contribution in [0.4, 0.5) is 0 Å². The summed E-state index contributed by atoms with van der Waals surface area (Å²) in [5.41, 5.74) is 2.55. The van der Waals surface area contributed by atoms with Gasteiger partial charge in [-0.2, -0.15) is 0 Å². The normalized spacial score (nSPS) is 10.3. The van der Waals surface area contributed by atoms with Crippen molar-refractivity contribution in [3.63, 3.8) is 0 Å². The van der Waals surface area contributed by atoms with Crippen LogP contribution in [0, 0.1) is 0 Å². The summed E-state index contributed by atoms with van der Waals surface area (Å²) < 4.78 is 11.4. The number of aldehydes is 1. The fourth-order valence-corrected chi connectivity index (χ4v) is 2.97. The first-order valence-corrected chi connectivity index (χ1v) is 9.90. The molecule has 0 radical (unpaired) electrons. The Morgan fingerprint density at radius 1 is 0.867 bits per heavy atom. The van der Waals surface area contributed by atoms with Crippen LogP contribution in [0.15, 0.2) is 78.9 Å². The molecule has 0 unspecified atom stereocenters. The summed E-state index contributed by atoms with van der Waals surface area (Å²) in [4.78, 5) is 25.3. The first kappa shape index (κ1) is 21.1. The van der Waals surface area contributed by atoms with Gasteiger partial charge in [-0.15, -0.1) is 0 Å². The van der Waals surface area contributed by atoms with Crippen molar-refractivity contribution in [2.45, 2.75) is 20.1 Å². The predicted molar refractivity (Wildman–Crippen MR) is 116 cm³/mol. The topological polar surface area (TPSA) is 55.8 Å². The van der Waals surface area contributed by atoms with E-state index in [1.807, 2.05) is 61.5 Å². The molecule has 0 heterocycles. The Labute approximate surface area is 176 Å². The third-order valence-electron chi connectivity index (χ3n) is 4.68. The Kier molecular flexibility index (Phi) is 7.61. The quantitative estimate of drug-likeness (QED) is 0.468. The van der Waals surface area contributed by atoms with Gasteiger partial charge in [0, 0.05) is 13.1 Å². The molecule has 0 saturated heterocycles. The van der Waals surface area contributed by atoms with Crippen molar-refractivity contribution in [2.75, 3.05) is 13.2 Å². The molecule has 0 spiro atoms. The van der Waals surface area contributed by atoms with Gasteiger partial charge in [-0.05, 0) is 42.3 Å². The molecule has 154 valence electrons. The lowest BCUT2D eigenvalue weighted by molar-refractivity contribution is -0.133. The van der Waals surface area contributed by atoms with Gasteiger partial charge in [0.1, 0.15) is 18.1 Å². The highest BCUT2D eigenvalue weighted by Crippen LogP contribution is 2.17. The number of carbonyl (C=O) groups excluding carboxylic acids is 2. The fraction of sp³-hybridized carbons (Fsp3) is 0.200. The third kappa shape index (κ3) is 5.95. The lowest BCUT2D eigenvalue weighted by atomic mass is 10.2. The van der Waals surface area contributed by atoms with E-state index in [2.05, 4.69) is 0 Å². The molecule has 5 heteroatoms. The Morgan fingerprint density at radius 3 is 2.27 bits per heavy atom. The van der Waals surface area contributed by atoms with E-state index in [1.165, 1.54) is 0 Å². The summed E-state index contributed by atoms with van der Waals surface area (Å²) in [5.74, 6) is 1.06. The molecule has 3 aromatic carbocycles. The second kappa shape index (κ2) is 10.8. The fourth-order valence-electron chi connectivity index (χ4n) is 2.97. The number of amides is 1. The zero-order valence-corrected chi connectivity index (χ0v) is 17.0. The van der Waals surface area contributed by atoms with E-state index >= 15 is 0 Å². The lowest BCUT2D eigenvalue weighted by Crippen LogP contribution is -2.34. The SMILES string of the molecule is CCN(Cc1ccc(OCc2ccccc2)cc1)C(=O)COc1ccccc1C=O. The second-order valence-corrected chi connectivity index (χ2v) is 6.77. The molecule has 5 nitrogen and oxygen atoms in total. The van der Waals surface area contributed by atoms with Gasteiger partial charge in [0.05, 0.1) is 5.56 Å². The smallest absolute Gasteiger partial charge is 0.260 e. The number of hydrogen-bond donors (Lipinski definition) is 0. The number of carbonyl (C=O) groups is 2. The van der Waals surface area contributed by atoms with E-state index in [-0.39, 0.29) is 12.5 Å². The van der Waals surface area contributed by atoms with Gasteiger partial charge >= 0.3 is 0 Å². The van der Waals surface area contributed by atoms with Crippen molar-refractivity contribution in [1.29, 1.82) is 0 Å². The van der Waals surface area contributed by atoms with Gasteiger partial charge in [-0.25, -0.2) is 0 Å². The molecule has 0 aliphatic rings. The van der Waals surface area contributed by atoms with Crippen LogP contribution in [-0.2, 0) is 17.9 Å². The number of rotatable bonds is 10. The Morgan fingerprint density at radius 2 is 1.57 bits per heavy atom. The number of nitrogens with zero attached hydrogens (tertiary/aromatic N) is 1. The molecule has 30 heavy (non-hydrogen) atoms. The maximum atomic E-state index is 12.6. The van der Waals surface area contributed by atoms with Gasteiger partial charge in [-0.1, -0.05) is 54.6 Å². The number of benzene rings is 3. The summed E-state index contributed by atoms with van der Waals surface area (Å²) >= 11 is 0. The predicted octanol–water partition coefficient (Wildman–Crippen LogP) is 4.51. The van der Waals surface area contributed by atoms with E-state index in [1.54, 1.807) is 29.2 Å². The van der Waals surface area contributed by atoms with Crippen LogP contribution < -0.4 is 9.47 Å². The second-order valence-electron chi connectivity index (χ2n) is 6.77. The number of hydrogen-bond acceptors (Lipinski definition) is 4. The highest BCUT2D eigenvalue weighted by Gasteiger charge is 2.14. The van der Waals surface area contributed by atoms with Crippen molar-refractivity contribution in [1.82, 2.24) is 4.90 Å². The first-order chi connectivity index (χ1) is 14.7. The van der Waals surface area contributed by atoms with Crippen molar-refractivity contribution < 1.29 is 19.1 Å². The van der Waals surface area contributed by atoms with Crippen LogP contribution in [0.1, 0.15) is 28.4 Å². The van der Waals surface area contributed by atoms with Crippen molar-refractivity contribution in [3.05, 3.63) is 95.6 Å². The zero-order valence-electron chi connectivity index (χ0n) is 17.0. The molecule has 0 aliphatic heterocycles. The van der Waals surface area contributed by atoms with Gasteiger partial charge in [0.2, 0.25) is 0 Å². The Bertz CT molecular complexity index is 954. The van der Waals surface area contributed by atoms with E-state index in [0.29, 0.717) is 31.0 Å². The summed E-state index contributed by atoms with van der Waals surface area (Å²) in [7, 11) is 0. The van der Waals surface area contributed by atoms with E-state index < -0.39 is 0 Å². The minimum Gasteiger partial charge on any atom is -0.489 e. The first-order valence-electron chi connectivity index (χ1n) is 9.90. The molecular formula is C25H25NO4. The van der Waals surface area contributed by atoms with Gasteiger partial charge in [0.25, 0.3) is 5.91 Å².